The van der Waals surface area contributed by atoms with E-state index in [0.29, 0.717) is 11.8 Å². The maximum Gasteiger partial charge on any atom is 0.0292 e. The summed E-state index contributed by atoms with van der Waals surface area (Å²) in [6, 6.07) is 10.9. The van der Waals surface area contributed by atoms with Crippen molar-refractivity contribution in [3.05, 3.63) is 47.0 Å². The highest BCUT2D eigenvalue weighted by Gasteiger charge is 2.15. The van der Waals surface area contributed by atoms with Crippen molar-refractivity contribution in [3.63, 3.8) is 0 Å². The number of benzene rings is 2. The van der Waals surface area contributed by atoms with Crippen LogP contribution in [0, 0.1) is 13.8 Å². The van der Waals surface area contributed by atoms with Crippen LogP contribution in [0.3, 0.4) is 0 Å². The van der Waals surface area contributed by atoms with Gasteiger partial charge in [0.25, 0.3) is 0 Å². The standard InChI is InChI=1S/C16H19Cl/c1-4-13(10-17)16-12(3)9-11(2)14-7-5-6-8-15(14)16/h5-9,13H,4,10H2,1-3H3. The summed E-state index contributed by atoms with van der Waals surface area (Å²) in [7, 11) is 0. The van der Waals surface area contributed by atoms with E-state index in [4.69, 9.17) is 11.6 Å². The maximum absolute atomic E-state index is 6.11. The van der Waals surface area contributed by atoms with Crippen molar-refractivity contribution in [1.82, 2.24) is 0 Å². The fourth-order valence-electron chi connectivity index (χ4n) is 2.69. The van der Waals surface area contributed by atoms with Crippen LogP contribution in [-0.2, 0) is 0 Å². The first kappa shape index (κ1) is 12.4. The summed E-state index contributed by atoms with van der Waals surface area (Å²) in [5.74, 6) is 1.16. The molecule has 0 nitrogen and oxygen atoms in total. The number of halogens is 1. The van der Waals surface area contributed by atoms with Gasteiger partial charge in [-0.2, -0.15) is 0 Å². The Kier molecular flexibility index (Phi) is 3.73. The summed E-state index contributed by atoms with van der Waals surface area (Å²) >= 11 is 6.11. The van der Waals surface area contributed by atoms with Gasteiger partial charge >= 0.3 is 0 Å². The van der Waals surface area contributed by atoms with Crippen molar-refractivity contribution in [1.29, 1.82) is 0 Å². The van der Waals surface area contributed by atoms with Gasteiger partial charge in [0.2, 0.25) is 0 Å². The molecule has 0 aliphatic carbocycles. The molecule has 1 heteroatoms. The Bertz CT molecular complexity index is 524. The highest BCUT2D eigenvalue weighted by molar-refractivity contribution is 6.18. The number of aryl methyl sites for hydroxylation is 2. The second-order valence-electron chi connectivity index (χ2n) is 4.73. The van der Waals surface area contributed by atoms with E-state index < -0.39 is 0 Å². The van der Waals surface area contributed by atoms with Gasteiger partial charge in [-0.25, -0.2) is 0 Å². The van der Waals surface area contributed by atoms with Crippen LogP contribution in [0.5, 0.6) is 0 Å². The molecule has 90 valence electrons. The molecule has 0 aromatic heterocycles. The lowest BCUT2D eigenvalue weighted by Crippen LogP contribution is -2.03. The van der Waals surface area contributed by atoms with Crippen LogP contribution < -0.4 is 0 Å². The quantitative estimate of drug-likeness (QED) is 0.654. The summed E-state index contributed by atoms with van der Waals surface area (Å²) in [6.07, 6.45) is 1.09. The van der Waals surface area contributed by atoms with Gasteiger partial charge in [0, 0.05) is 5.88 Å². The normalized spacial score (nSPS) is 12.9. The Morgan fingerprint density at radius 3 is 2.29 bits per heavy atom. The maximum atomic E-state index is 6.11. The van der Waals surface area contributed by atoms with Crippen LogP contribution in [0.2, 0.25) is 0 Å². The molecule has 0 heterocycles. The zero-order valence-corrected chi connectivity index (χ0v) is 11.5. The van der Waals surface area contributed by atoms with Gasteiger partial charge in [-0.05, 0) is 53.6 Å². The third kappa shape index (κ3) is 2.19. The SMILES string of the molecule is CCC(CCl)c1c(C)cc(C)c2ccccc12. The lowest BCUT2D eigenvalue weighted by Gasteiger charge is -2.19. The Balaban J connectivity index is 2.77. The van der Waals surface area contributed by atoms with Crippen LogP contribution in [0.1, 0.15) is 36.0 Å². The first-order valence-electron chi connectivity index (χ1n) is 6.23. The minimum Gasteiger partial charge on any atom is -0.126 e. The Hall–Kier alpha value is -1.01. The molecule has 2 aromatic carbocycles. The molecule has 0 aliphatic heterocycles. The van der Waals surface area contributed by atoms with E-state index in [1.807, 2.05) is 0 Å². The van der Waals surface area contributed by atoms with E-state index in [-0.39, 0.29) is 0 Å². The third-order valence-corrected chi connectivity index (χ3v) is 3.96. The summed E-state index contributed by atoms with van der Waals surface area (Å²) < 4.78 is 0. The molecule has 0 saturated carbocycles. The van der Waals surface area contributed by atoms with Gasteiger partial charge in [0.05, 0.1) is 0 Å². The molecule has 0 amide bonds. The van der Waals surface area contributed by atoms with Crippen molar-refractivity contribution in [2.24, 2.45) is 0 Å². The van der Waals surface area contributed by atoms with E-state index in [0.717, 1.165) is 6.42 Å². The summed E-state index contributed by atoms with van der Waals surface area (Å²) in [6.45, 7) is 6.59. The van der Waals surface area contributed by atoms with Crippen molar-refractivity contribution < 1.29 is 0 Å². The molecule has 2 rings (SSSR count). The zero-order chi connectivity index (χ0) is 12.4. The van der Waals surface area contributed by atoms with Gasteiger partial charge in [0.15, 0.2) is 0 Å². The van der Waals surface area contributed by atoms with E-state index in [9.17, 15) is 0 Å². The highest BCUT2D eigenvalue weighted by Crippen LogP contribution is 2.33. The molecule has 1 unspecified atom stereocenters. The van der Waals surface area contributed by atoms with Crippen LogP contribution in [0.15, 0.2) is 30.3 Å². The number of hydrogen-bond donors (Lipinski definition) is 0. The molecule has 0 saturated heterocycles. The Morgan fingerprint density at radius 1 is 1.06 bits per heavy atom. The largest absolute Gasteiger partial charge is 0.126 e. The second kappa shape index (κ2) is 5.10. The first-order valence-corrected chi connectivity index (χ1v) is 6.77. The predicted octanol–water partition coefficient (Wildman–Crippen LogP) is 5.19. The van der Waals surface area contributed by atoms with Crippen molar-refractivity contribution in [3.8, 4) is 0 Å². The smallest absolute Gasteiger partial charge is 0.0292 e. The molecule has 17 heavy (non-hydrogen) atoms. The van der Waals surface area contributed by atoms with Crippen LogP contribution >= 0.6 is 11.6 Å². The minimum atomic E-state index is 0.460. The van der Waals surface area contributed by atoms with Gasteiger partial charge in [-0.1, -0.05) is 37.3 Å². The predicted molar refractivity (Wildman–Crippen MR) is 77.2 cm³/mol. The van der Waals surface area contributed by atoms with E-state index in [1.165, 1.54) is 27.5 Å². The average molecular weight is 247 g/mol. The average Bonchev–Trinajstić information content (AvgIpc) is 2.34. The summed E-state index contributed by atoms with van der Waals surface area (Å²) in [5.41, 5.74) is 4.16. The van der Waals surface area contributed by atoms with E-state index in [2.05, 4.69) is 51.1 Å². The van der Waals surface area contributed by atoms with Crippen LogP contribution in [0.25, 0.3) is 10.8 Å². The Morgan fingerprint density at radius 2 is 1.71 bits per heavy atom. The van der Waals surface area contributed by atoms with E-state index >= 15 is 0 Å². The summed E-state index contributed by atoms with van der Waals surface area (Å²) in [4.78, 5) is 0. The lowest BCUT2D eigenvalue weighted by atomic mass is 9.87. The topological polar surface area (TPSA) is 0 Å². The van der Waals surface area contributed by atoms with Crippen LogP contribution in [-0.4, -0.2) is 5.88 Å². The van der Waals surface area contributed by atoms with Crippen LogP contribution in [0.4, 0.5) is 0 Å². The second-order valence-corrected chi connectivity index (χ2v) is 5.04. The fraction of sp³-hybridized carbons (Fsp3) is 0.375. The molecule has 2 aromatic rings. The fourth-order valence-corrected chi connectivity index (χ4v) is 3.06. The third-order valence-electron chi connectivity index (χ3n) is 3.59. The lowest BCUT2D eigenvalue weighted by molar-refractivity contribution is 0.741. The molecule has 0 fully saturated rings. The van der Waals surface area contributed by atoms with E-state index in [1.54, 1.807) is 0 Å². The summed E-state index contributed by atoms with van der Waals surface area (Å²) in [5, 5.41) is 2.73. The monoisotopic (exact) mass is 246 g/mol. The molecular weight excluding hydrogens is 228 g/mol. The molecule has 0 spiro atoms. The van der Waals surface area contributed by atoms with Crippen molar-refractivity contribution in [2.75, 3.05) is 5.88 Å². The van der Waals surface area contributed by atoms with Crippen molar-refractivity contribution in [2.45, 2.75) is 33.1 Å². The molecule has 0 aliphatic rings. The number of fused-ring (bicyclic) bond motifs is 1. The molecule has 1 atom stereocenters. The zero-order valence-electron chi connectivity index (χ0n) is 10.8. The minimum absolute atomic E-state index is 0.460. The van der Waals surface area contributed by atoms with Gasteiger partial charge < -0.3 is 0 Å². The van der Waals surface area contributed by atoms with Gasteiger partial charge in [-0.3, -0.25) is 0 Å². The van der Waals surface area contributed by atoms with Crippen molar-refractivity contribution >= 4 is 22.4 Å². The number of hydrogen-bond acceptors (Lipinski definition) is 0. The first-order chi connectivity index (χ1) is 8.19. The number of alkyl halides is 1. The van der Waals surface area contributed by atoms with Gasteiger partial charge in [0.1, 0.15) is 0 Å². The van der Waals surface area contributed by atoms with Gasteiger partial charge in [-0.15, -0.1) is 11.6 Å². The molecular formula is C16H19Cl. The number of rotatable bonds is 3. The molecule has 0 radical (unpaired) electrons. The highest BCUT2D eigenvalue weighted by atomic mass is 35.5. The molecule has 0 N–H and O–H groups in total. The Labute approximate surface area is 109 Å². The molecule has 0 bridgehead atoms.